The monoisotopic (exact) mass is 567 g/mol. The molecule has 0 aliphatic carbocycles. The van der Waals surface area contributed by atoms with Crippen molar-refractivity contribution in [3.05, 3.63) is 50.1 Å². The first-order valence-corrected chi connectivity index (χ1v) is 10.2. The van der Waals surface area contributed by atoms with Gasteiger partial charge in [0.25, 0.3) is 0 Å². The molecule has 148 valence electrons. The number of aryl methyl sites for hydroxylation is 1. The third-order valence-electron chi connectivity index (χ3n) is 4.36. The highest BCUT2D eigenvalue weighted by Crippen LogP contribution is 2.18. The second kappa shape index (κ2) is 10.7. The molecule has 5 nitrogen and oxygen atoms in total. The summed E-state index contributed by atoms with van der Waals surface area (Å²) in [6.45, 7) is 7.19. The molecule has 2 aromatic rings. The van der Waals surface area contributed by atoms with Crippen molar-refractivity contribution in [3.63, 3.8) is 0 Å². The van der Waals surface area contributed by atoms with Crippen molar-refractivity contribution in [1.82, 2.24) is 20.1 Å². The Bertz CT molecular complexity index is 777. The van der Waals surface area contributed by atoms with E-state index in [-0.39, 0.29) is 29.8 Å². The number of halogens is 3. The molecule has 0 amide bonds. The van der Waals surface area contributed by atoms with Gasteiger partial charge in [0.2, 0.25) is 0 Å². The number of nitrogens with one attached hydrogen (secondary N) is 1. The predicted molar refractivity (Wildman–Crippen MR) is 123 cm³/mol. The molecule has 0 spiro atoms. The van der Waals surface area contributed by atoms with Gasteiger partial charge in [-0.25, -0.2) is 9.37 Å². The molecule has 0 radical (unpaired) electrons. The maximum absolute atomic E-state index is 13.7. The van der Waals surface area contributed by atoms with Gasteiger partial charge in [-0.15, -0.1) is 35.3 Å². The highest BCUT2D eigenvalue weighted by atomic mass is 127. The second-order valence-corrected chi connectivity index (χ2v) is 8.43. The number of piperazine rings is 1. The Morgan fingerprint density at radius 3 is 2.67 bits per heavy atom. The minimum atomic E-state index is -0.205. The lowest BCUT2D eigenvalue weighted by Crippen LogP contribution is -2.52. The first kappa shape index (κ1) is 22.5. The van der Waals surface area contributed by atoms with Gasteiger partial charge in [0.1, 0.15) is 5.82 Å². The van der Waals surface area contributed by atoms with E-state index in [0.29, 0.717) is 4.47 Å². The second-order valence-electron chi connectivity index (χ2n) is 6.26. The smallest absolute Gasteiger partial charge is 0.194 e. The van der Waals surface area contributed by atoms with Crippen molar-refractivity contribution in [2.75, 3.05) is 33.2 Å². The molecule has 1 fully saturated rings. The Balaban J connectivity index is 0.00000261. The van der Waals surface area contributed by atoms with Crippen LogP contribution in [0.1, 0.15) is 15.4 Å². The lowest BCUT2D eigenvalue weighted by atomic mass is 10.2. The number of nitrogens with zero attached hydrogens (tertiary/aromatic N) is 4. The highest BCUT2D eigenvalue weighted by molar-refractivity contribution is 14.0. The van der Waals surface area contributed by atoms with E-state index in [0.717, 1.165) is 55.8 Å². The van der Waals surface area contributed by atoms with Gasteiger partial charge in [0, 0.05) is 50.8 Å². The van der Waals surface area contributed by atoms with Gasteiger partial charge in [-0.1, -0.05) is 6.07 Å². The predicted octanol–water partition coefficient (Wildman–Crippen LogP) is 3.86. The molecule has 1 N–H and O–H groups in total. The SMILES string of the molecule is CN=C(NCc1cnc(C)s1)N1CCN(Cc2ccc(Br)c(F)c2)CC1.I. The molecular formula is C18H24BrFIN5S. The molecule has 3 rings (SSSR count). The first-order chi connectivity index (χ1) is 12.5. The van der Waals surface area contributed by atoms with Crippen LogP contribution in [0.3, 0.4) is 0 Å². The zero-order valence-electron chi connectivity index (χ0n) is 15.4. The molecule has 1 aliphatic rings. The van der Waals surface area contributed by atoms with Crippen molar-refractivity contribution in [1.29, 1.82) is 0 Å². The summed E-state index contributed by atoms with van der Waals surface area (Å²) in [6.07, 6.45) is 1.91. The van der Waals surface area contributed by atoms with Crippen LogP contribution in [0.2, 0.25) is 0 Å². The quantitative estimate of drug-likeness (QED) is 0.346. The summed E-state index contributed by atoms with van der Waals surface area (Å²) >= 11 is 4.90. The van der Waals surface area contributed by atoms with E-state index in [9.17, 15) is 4.39 Å². The average Bonchev–Trinajstić information content (AvgIpc) is 3.05. The standard InChI is InChI=1S/C18H23BrFN5S.HI/c1-13-22-10-15(26-13)11-23-18(21-2)25-7-5-24(6-8-25)12-14-3-4-16(19)17(20)9-14;/h3-4,9-10H,5-8,11-12H2,1-2H3,(H,21,23);1H. The van der Waals surface area contributed by atoms with E-state index in [1.165, 1.54) is 4.88 Å². The van der Waals surface area contributed by atoms with Crippen LogP contribution in [0.5, 0.6) is 0 Å². The largest absolute Gasteiger partial charge is 0.351 e. The van der Waals surface area contributed by atoms with Crippen LogP contribution < -0.4 is 5.32 Å². The van der Waals surface area contributed by atoms with Gasteiger partial charge in [-0.05, 0) is 40.5 Å². The summed E-state index contributed by atoms with van der Waals surface area (Å²) in [7, 11) is 1.82. The fraction of sp³-hybridized carbons (Fsp3) is 0.444. The van der Waals surface area contributed by atoms with Crippen LogP contribution >= 0.6 is 51.2 Å². The molecule has 9 heteroatoms. The fourth-order valence-corrected chi connectivity index (χ4v) is 3.98. The van der Waals surface area contributed by atoms with E-state index in [4.69, 9.17) is 0 Å². The summed E-state index contributed by atoms with van der Waals surface area (Å²) in [5.74, 6) is 0.717. The van der Waals surface area contributed by atoms with Crippen LogP contribution in [-0.2, 0) is 13.1 Å². The molecule has 0 saturated carbocycles. The topological polar surface area (TPSA) is 43.8 Å². The molecule has 1 aliphatic heterocycles. The number of guanidine groups is 1. The number of aromatic nitrogens is 1. The number of benzene rings is 1. The van der Waals surface area contributed by atoms with Crippen molar-refractivity contribution < 1.29 is 4.39 Å². The number of rotatable bonds is 4. The molecule has 27 heavy (non-hydrogen) atoms. The van der Waals surface area contributed by atoms with Crippen molar-refractivity contribution in [3.8, 4) is 0 Å². The van der Waals surface area contributed by atoms with Crippen molar-refractivity contribution in [2.45, 2.75) is 20.0 Å². The first-order valence-electron chi connectivity index (χ1n) is 8.58. The minimum absolute atomic E-state index is 0. The lowest BCUT2D eigenvalue weighted by Gasteiger charge is -2.36. The lowest BCUT2D eigenvalue weighted by molar-refractivity contribution is 0.172. The number of thiazole rings is 1. The third-order valence-corrected chi connectivity index (χ3v) is 5.92. The fourth-order valence-electron chi connectivity index (χ4n) is 3.00. The number of hydrogen-bond acceptors (Lipinski definition) is 4. The average molecular weight is 568 g/mol. The summed E-state index contributed by atoms with van der Waals surface area (Å²) in [6, 6.07) is 5.35. The van der Waals surface area contributed by atoms with Gasteiger partial charge >= 0.3 is 0 Å². The molecule has 0 unspecified atom stereocenters. The van der Waals surface area contributed by atoms with Gasteiger partial charge < -0.3 is 10.2 Å². The van der Waals surface area contributed by atoms with E-state index in [1.54, 1.807) is 23.5 Å². The third kappa shape index (κ3) is 6.37. The normalized spacial score (nSPS) is 15.6. The van der Waals surface area contributed by atoms with E-state index < -0.39 is 0 Å². The molecular weight excluding hydrogens is 544 g/mol. The molecule has 1 aromatic carbocycles. The molecule has 0 atom stereocenters. The van der Waals surface area contributed by atoms with Crippen LogP contribution in [0.15, 0.2) is 33.9 Å². The van der Waals surface area contributed by atoms with E-state index >= 15 is 0 Å². The molecule has 0 bridgehead atoms. The Morgan fingerprint density at radius 1 is 1.33 bits per heavy atom. The highest BCUT2D eigenvalue weighted by Gasteiger charge is 2.20. The van der Waals surface area contributed by atoms with Gasteiger partial charge in [-0.2, -0.15) is 0 Å². The summed E-state index contributed by atoms with van der Waals surface area (Å²) in [4.78, 5) is 14.5. The Labute approximate surface area is 189 Å². The summed E-state index contributed by atoms with van der Waals surface area (Å²) in [5, 5.41) is 4.50. The van der Waals surface area contributed by atoms with Crippen molar-refractivity contribution in [2.24, 2.45) is 4.99 Å². The zero-order chi connectivity index (χ0) is 18.5. The summed E-state index contributed by atoms with van der Waals surface area (Å²) in [5.41, 5.74) is 1.00. The number of hydrogen-bond donors (Lipinski definition) is 1. The molecule has 2 heterocycles. The van der Waals surface area contributed by atoms with Crippen LogP contribution in [0.4, 0.5) is 4.39 Å². The van der Waals surface area contributed by atoms with Crippen molar-refractivity contribution >= 4 is 57.2 Å². The van der Waals surface area contributed by atoms with E-state index in [1.807, 2.05) is 26.2 Å². The molecule has 1 aromatic heterocycles. The van der Waals surface area contributed by atoms with E-state index in [2.05, 4.69) is 41.0 Å². The Kier molecular flexibility index (Phi) is 8.90. The van der Waals surface area contributed by atoms with Gasteiger partial charge in [0.15, 0.2) is 5.96 Å². The van der Waals surface area contributed by atoms with Gasteiger partial charge in [-0.3, -0.25) is 9.89 Å². The Hall–Kier alpha value is -0.780. The van der Waals surface area contributed by atoms with Gasteiger partial charge in [0.05, 0.1) is 16.0 Å². The zero-order valence-corrected chi connectivity index (χ0v) is 20.1. The minimum Gasteiger partial charge on any atom is -0.351 e. The van der Waals surface area contributed by atoms with Crippen LogP contribution in [0.25, 0.3) is 0 Å². The van der Waals surface area contributed by atoms with Crippen LogP contribution in [-0.4, -0.2) is 54.0 Å². The Morgan fingerprint density at radius 2 is 2.07 bits per heavy atom. The summed E-state index contributed by atoms with van der Waals surface area (Å²) < 4.78 is 14.2. The maximum Gasteiger partial charge on any atom is 0.194 e. The maximum atomic E-state index is 13.7. The number of aliphatic imine (C=N–C) groups is 1. The van der Waals surface area contributed by atoms with Crippen LogP contribution in [0, 0.1) is 12.7 Å². The molecule has 1 saturated heterocycles.